The Morgan fingerprint density at radius 1 is 0.768 bits per heavy atom. The quantitative estimate of drug-likeness (QED) is 0.0774. The first kappa shape index (κ1) is 55.1. The Balaban J connectivity index is 0.000000206. The molecule has 2 aliphatic carbocycles. The van der Waals surface area contributed by atoms with Crippen LogP contribution in [0.5, 0.6) is 0 Å². The van der Waals surface area contributed by atoms with Crippen LogP contribution in [0.3, 0.4) is 0 Å². The Hall–Kier alpha value is -4.83. The minimum Gasteiger partial charge on any atom is -1.00 e. The van der Waals surface area contributed by atoms with E-state index < -0.39 is 10.1 Å². The van der Waals surface area contributed by atoms with E-state index in [1.165, 1.54) is 57.8 Å². The Labute approximate surface area is 429 Å². The molecule has 0 saturated heterocycles. The highest BCUT2D eigenvalue weighted by Gasteiger charge is 2.44. The molecular weight excluding hydrogens is 939 g/mol. The SMILES string of the molecule is C=CC1=C(Cl)C(C=Nc2ccccc2)CCC1.CC1=[N+](CCCS(=O)(=O)[O-])c2ccccc2C1(C)C.CCCC[N+]1=C(/C=C/C2=C(Cl)C(=C/Nc3ccccc3)/CCC2)C(C)(C)c2ccccc21.[Cl-]. The van der Waals surface area contributed by atoms with E-state index in [-0.39, 0.29) is 34.9 Å². The van der Waals surface area contributed by atoms with Crippen molar-refractivity contribution < 1.29 is 34.5 Å². The van der Waals surface area contributed by atoms with E-state index in [2.05, 4.69) is 128 Å². The van der Waals surface area contributed by atoms with E-state index in [0.29, 0.717) is 13.0 Å². The van der Waals surface area contributed by atoms with Crippen LogP contribution in [-0.4, -0.2) is 58.6 Å². The van der Waals surface area contributed by atoms with E-state index in [0.717, 1.165) is 72.2 Å². The number of anilines is 1. The lowest BCUT2D eigenvalue weighted by atomic mass is 9.81. The molecule has 1 N–H and O–H groups in total. The van der Waals surface area contributed by atoms with Crippen LogP contribution >= 0.6 is 23.2 Å². The highest BCUT2D eigenvalue weighted by atomic mass is 35.5. The zero-order chi connectivity index (χ0) is 48.9. The molecular formula is C58H69Cl3N4O3S. The largest absolute Gasteiger partial charge is 1.00 e. The van der Waals surface area contributed by atoms with Crippen molar-refractivity contribution in [1.29, 1.82) is 0 Å². The molecule has 366 valence electrons. The van der Waals surface area contributed by atoms with Gasteiger partial charge in [-0.3, -0.25) is 4.99 Å². The van der Waals surface area contributed by atoms with Crippen molar-refractivity contribution in [2.75, 3.05) is 24.2 Å². The first-order valence-corrected chi connectivity index (χ1v) is 26.5. The summed E-state index contributed by atoms with van der Waals surface area (Å²) in [5.74, 6) is -0.0575. The number of fused-ring (bicyclic) bond motifs is 2. The standard InChI is InChI=1S/C29H33ClN2.C15H16ClN.C14H19NO3S.ClH/c1-4-5-20-32-26-17-10-9-16-25(26)29(2,3)27(32)19-18-22-12-11-13-23(28(22)30)21-31-24-14-7-6-8-15-24;1-2-12-7-6-8-13(15(12)16)11-17-14-9-4-3-5-10-14;1-11-14(2,3)12-7-4-5-8-13(12)15(11)9-6-10-19(16,17)18;/h6-10,14-19,21H,4-5,11-13,20H2,1-3H3;2-5,9-11,13H,1,6-8H2;4-5,7-8H,6,9-10H2,1-3H3;1H. The second-order valence-electron chi connectivity index (χ2n) is 18.9. The number of nitrogens with zero attached hydrogens (tertiary/aromatic N) is 3. The zero-order valence-electron chi connectivity index (χ0n) is 41.2. The third kappa shape index (κ3) is 14.2. The first-order chi connectivity index (χ1) is 32.6. The molecule has 4 aliphatic rings. The molecule has 0 amide bonds. The van der Waals surface area contributed by atoms with Gasteiger partial charge in [-0.05, 0) is 107 Å². The fourth-order valence-corrected chi connectivity index (χ4v) is 10.6. The molecule has 11 heteroatoms. The van der Waals surface area contributed by atoms with Crippen molar-refractivity contribution in [3.8, 4) is 0 Å². The molecule has 1 atom stereocenters. The fraction of sp³-hybridized carbons (Fsp3) is 0.362. The minimum absolute atomic E-state index is 0. The number of unbranched alkanes of at least 4 members (excludes halogenated alkanes) is 1. The molecule has 69 heavy (non-hydrogen) atoms. The average molecular weight is 1010 g/mol. The number of hydrogen-bond donors (Lipinski definition) is 1. The first-order valence-electron chi connectivity index (χ1n) is 24.1. The normalized spacial score (nSPS) is 18.9. The molecule has 4 aromatic rings. The maximum atomic E-state index is 10.7. The third-order valence-electron chi connectivity index (χ3n) is 13.6. The monoisotopic (exact) mass is 1010 g/mol. The van der Waals surface area contributed by atoms with Gasteiger partial charge in [-0.25, -0.2) is 8.42 Å². The van der Waals surface area contributed by atoms with Gasteiger partial charge >= 0.3 is 0 Å². The van der Waals surface area contributed by atoms with E-state index in [4.69, 9.17) is 23.2 Å². The maximum absolute atomic E-state index is 10.7. The molecule has 0 saturated carbocycles. The summed E-state index contributed by atoms with van der Waals surface area (Å²) in [7, 11) is -4.13. The van der Waals surface area contributed by atoms with Crippen LogP contribution in [0, 0.1) is 5.92 Å². The molecule has 0 aromatic heterocycles. The van der Waals surface area contributed by atoms with Crippen LogP contribution in [0.25, 0.3) is 0 Å². The summed E-state index contributed by atoms with van der Waals surface area (Å²) in [6.07, 6.45) is 19.6. The lowest BCUT2D eigenvalue weighted by Crippen LogP contribution is -3.00. The summed E-state index contributed by atoms with van der Waals surface area (Å²) in [5, 5.41) is 5.20. The van der Waals surface area contributed by atoms with Gasteiger partial charge in [0.05, 0.1) is 26.6 Å². The van der Waals surface area contributed by atoms with Crippen LogP contribution < -0.4 is 17.7 Å². The number of hydrogen-bond acceptors (Lipinski definition) is 5. The predicted octanol–water partition coefficient (Wildman–Crippen LogP) is 12.0. The number of rotatable bonds is 14. The van der Waals surface area contributed by atoms with Gasteiger partial charge in [-0.15, -0.1) is 0 Å². The predicted molar refractivity (Wildman–Crippen MR) is 287 cm³/mol. The summed E-state index contributed by atoms with van der Waals surface area (Å²) in [6, 6.07) is 37.2. The lowest BCUT2D eigenvalue weighted by Gasteiger charge is -2.20. The van der Waals surface area contributed by atoms with Gasteiger partial charge in [-0.2, -0.15) is 9.15 Å². The second kappa shape index (κ2) is 25.3. The minimum atomic E-state index is -4.13. The smallest absolute Gasteiger partial charge is 0.209 e. The fourth-order valence-electron chi connectivity index (χ4n) is 9.43. The number of para-hydroxylation sites is 4. The third-order valence-corrected chi connectivity index (χ3v) is 15.4. The summed E-state index contributed by atoms with van der Waals surface area (Å²) >= 11 is 13.2. The molecule has 0 spiro atoms. The van der Waals surface area contributed by atoms with Crippen molar-refractivity contribution in [1.82, 2.24) is 0 Å². The Morgan fingerprint density at radius 2 is 1.35 bits per heavy atom. The van der Waals surface area contributed by atoms with Crippen molar-refractivity contribution in [2.24, 2.45) is 10.9 Å². The molecule has 2 aliphatic heterocycles. The number of allylic oxidation sites excluding steroid dienone is 8. The zero-order valence-corrected chi connectivity index (χ0v) is 44.2. The van der Waals surface area contributed by atoms with Gasteiger partial charge in [-0.1, -0.05) is 128 Å². The Bertz CT molecular complexity index is 2750. The molecule has 1 unspecified atom stereocenters. The van der Waals surface area contributed by atoms with Gasteiger partial charge in [0.1, 0.15) is 13.1 Å². The van der Waals surface area contributed by atoms with Crippen molar-refractivity contribution in [3.05, 3.63) is 178 Å². The van der Waals surface area contributed by atoms with Gasteiger partial charge in [0.2, 0.25) is 11.4 Å². The van der Waals surface area contributed by atoms with Crippen LogP contribution in [-0.2, 0) is 20.9 Å². The topological polar surface area (TPSA) is 87.6 Å². The summed E-state index contributed by atoms with van der Waals surface area (Å²) in [4.78, 5) is 4.47. The van der Waals surface area contributed by atoms with Gasteiger partial charge in [0, 0.05) is 88.9 Å². The van der Waals surface area contributed by atoms with E-state index >= 15 is 0 Å². The molecule has 0 bridgehead atoms. The van der Waals surface area contributed by atoms with Crippen LogP contribution in [0.15, 0.2) is 172 Å². The Morgan fingerprint density at radius 3 is 1.99 bits per heavy atom. The maximum Gasteiger partial charge on any atom is 0.209 e. The summed E-state index contributed by atoms with van der Waals surface area (Å²) < 4.78 is 36.7. The summed E-state index contributed by atoms with van der Waals surface area (Å²) in [5.41, 5.74) is 13.3. The lowest BCUT2D eigenvalue weighted by molar-refractivity contribution is -0.438. The van der Waals surface area contributed by atoms with Gasteiger partial charge in [0.25, 0.3) is 0 Å². The van der Waals surface area contributed by atoms with Crippen molar-refractivity contribution >= 4 is 73.7 Å². The van der Waals surface area contributed by atoms with Crippen molar-refractivity contribution in [2.45, 2.75) is 110 Å². The molecule has 8 rings (SSSR count). The second-order valence-corrected chi connectivity index (χ2v) is 21.2. The Kier molecular flexibility index (Phi) is 20.2. The molecule has 0 radical (unpaired) electrons. The number of nitrogens with one attached hydrogen (secondary N) is 1. The number of benzene rings is 4. The van der Waals surface area contributed by atoms with Crippen LogP contribution in [0.1, 0.15) is 110 Å². The number of aliphatic imine (C=N–C) groups is 1. The van der Waals surface area contributed by atoms with E-state index in [1.807, 2.05) is 79.0 Å². The molecule has 0 fully saturated rings. The average Bonchev–Trinajstić information content (AvgIpc) is 3.67. The van der Waals surface area contributed by atoms with Crippen molar-refractivity contribution in [3.63, 3.8) is 0 Å². The van der Waals surface area contributed by atoms with E-state index in [9.17, 15) is 13.0 Å². The molecule has 7 nitrogen and oxygen atoms in total. The van der Waals surface area contributed by atoms with Crippen LogP contribution in [0.2, 0.25) is 0 Å². The summed E-state index contributed by atoms with van der Waals surface area (Å²) in [6.45, 7) is 18.7. The van der Waals surface area contributed by atoms with Crippen LogP contribution in [0.4, 0.5) is 22.7 Å². The molecule has 2 heterocycles. The molecule has 4 aromatic carbocycles. The van der Waals surface area contributed by atoms with E-state index in [1.54, 1.807) is 0 Å². The van der Waals surface area contributed by atoms with Gasteiger partial charge in [0.15, 0.2) is 11.4 Å². The van der Waals surface area contributed by atoms with Gasteiger partial charge < -0.3 is 22.3 Å². The highest BCUT2D eigenvalue weighted by Crippen LogP contribution is 2.42. The highest BCUT2D eigenvalue weighted by molar-refractivity contribution is 7.85. The number of halogens is 3.